The normalized spacial score (nSPS) is 26.4. The number of aromatic nitrogens is 1. The van der Waals surface area contributed by atoms with E-state index in [9.17, 15) is 10.2 Å². The molecule has 2 N–H and O–H groups in total. The van der Waals surface area contributed by atoms with Crippen LogP contribution in [0.4, 0.5) is 0 Å². The SMILES string of the molecule is CCCc1nc(CN2C[C@@H](O)[C@@H](O)C2)cs1. The summed E-state index contributed by atoms with van der Waals surface area (Å²) in [5, 5.41) is 22.1. The van der Waals surface area contributed by atoms with Crippen molar-refractivity contribution in [3.63, 3.8) is 0 Å². The molecule has 2 rings (SSSR count). The van der Waals surface area contributed by atoms with Gasteiger partial charge in [0, 0.05) is 25.0 Å². The maximum atomic E-state index is 9.43. The van der Waals surface area contributed by atoms with Crippen molar-refractivity contribution in [1.29, 1.82) is 0 Å². The van der Waals surface area contributed by atoms with Crippen LogP contribution >= 0.6 is 11.3 Å². The minimum absolute atomic E-state index is 0.543. The molecule has 1 aromatic heterocycles. The van der Waals surface area contributed by atoms with Crippen molar-refractivity contribution in [2.75, 3.05) is 13.1 Å². The Morgan fingerprint density at radius 3 is 2.75 bits per heavy atom. The Morgan fingerprint density at radius 2 is 2.12 bits per heavy atom. The number of aryl methyl sites for hydroxylation is 1. The summed E-state index contributed by atoms with van der Waals surface area (Å²) in [5.41, 5.74) is 1.05. The third kappa shape index (κ3) is 2.79. The van der Waals surface area contributed by atoms with E-state index >= 15 is 0 Å². The van der Waals surface area contributed by atoms with Crippen molar-refractivity contribution in [2.45, 2.75) is 38.5 Å². The first-order chi connectivity index (χ1) is 7.69. The molecule has 0 unspecified atom stereocenters. The van der Waals surface area contributed by atoms with E-state index in [0.29, 0.717) is 13.1 Å². The molecular formula is C11H18N2O2S. The summed E-state index contributed by atoms with van der Waals surface area (Å²) >= 11 is 1.70. The highest BCUT2D eigenvalue weighted by atomic mass is 32.1. The van der Waals surface area contributed by atoms with Crippen molar-refractivity contribution >= 4 is 11.3 Å². The average molecular weight is 242 g/mol. The van der Waals surface area contributed by atoms with Gasteiger partial charge in [0.2, 0.25) is 0 Å². The Balaban J connectivity index is 1.89. The number of likely N-dealkylation sites (tertiary alicyclic amines) is 1. The average Bonchev–Trinajstić information content (AvgIpc) is 2.77. The molecule has 0 aliphatic carbocycles. The number of aliphatic hydroxyl groups excluding tert-OH is 2. The standard InChI is InChI=1S/C11H18N2O2S/c1-2-3-11-12-8(7-16-11)4-13-5-9(14)10(15)6-13/h7,9-10,14-15H,2-6H2,1H3/t9-,10+. The minimum atomic E-state index is -0.603. The van der Waals surface area contributed by atoms with Crippen LogP contribution < -0.4 is 0 Å². The third-order valence-electron chi connectivity index (χ3n) is 2.78. The van der Waals surface area contributed by atoms with Crippen LogP contribution in [0.5, 0.6) is 0 Å². The molecule has 1 fully saturated rings. The van der Waals surface area contributed by atoms with Crippen molar-refractivity contribution in [3.8, 4) is 0 Å². The predicted molar refractivity (Wildman–Crippen MR) is 63.4 cm³/mol. The summed E-state index contributed by atoms with van der Waals surface area (Å²) < 4.78 is 0. The molecule has 0 saturated carbocycles. The Labute approximate surface area is 99.6 Å². The van der Waals surface area contributed by atoms with E-state index in [1.807, 2.05) is 4.90 Å². The highest BCUT2D eigenvalue weighted by Crippen LogP contribution is 2.17. The quantitative estimate of drug-likeness (QED) is 0.813. The van der Waals surface area contributed by atoms with Crippen molar-refractivity contribution < 1.29 is 10.2 Å². The number of hydrogen-bond donors (Lipinski definition) is 2. The van der Waals surface area contributed by atoms with Crippen LogP contribution in [-0.4, -0.2) is 45.4 Å². The van der Waals surface area contributed by atoms with Crippen LogP contribution in [0.2, 0.25) is 0 Å². The van der Waals surface area contributed by atoms with Gasteiger partial charge < -0.3 is 10.2 Å². The summed E-state index contributed by atoms with van der Waals surface area (Å²) in [4.78, 5) is 6.57. The molecule has 16 heavy (non-hydrogen) atoms. The maximum Gasteiger partial charge on any atom is 0.0938 e. The Hall–Kier alpha value is -0.490. The Kier molecular flexibility index (Phi) is 3.91. The van der Waals surface area contributed by atoms with Gasteiger partial charge in [0.1, 0.15) is 0 Å². The largest absolute Gasteiger partial charge is 0.389 e. The molecule has 2 atom stereocenters. The highest BCUT2D eigenvalue weighted by molar-refractivity contribution is 7.09. The number of rotatable bonds is 4. The first-order valence-corrected chi connectivity index (χ1v) is 6.58. The van der Waals surface area contributed by atoms with Gasteiger partial charge in [0.25, 0.3) is 0 Å². The fraction of sp³-hybridized carbons (Fsp3) is 0.727. The maximum absolute atomic E-state index is 9.43. The molecule has 0 amide bonds. The van der Waals surface area contributed by atoms with Crippen LogP contribution in [-0.2, 0) is 13.0 Å². The van der Waals surface area contributed by atoms with Gasteiger partial charge in [0.15, 0.2) is 0 Å². The molecule has 4 nitrogen and oxygen atoms in total. The van der Waals surface area contributed by atoms with E-state index < -0.39 is 12.2 Å². The lowest BCUT2D eigenvalue weighted by Crippen LogP contribution is -2.22. The summed E-state index contributed by atoms with van der Waals surface area (Å²) in [5.74, 6) is 0. The van der Waals surface area contributed by atoms with Crippen molar-refractivity contribution in [2.24, 2.45) is 0 Å². The zero-order chi connectivity index (χ0) is 11.5. The Bertz CT molecular complexity index is 332. The summed E-state index contributed by atoms with van der Waals surface area (Å²) in [6.07, 6.45) is 0.951. The number of β-amino-alcohol motifs (C(OH)–C–C–N with tert-alkyl or cyclic N) is 2. The molecule has 1 aromatic rings. The topological polar surface area (TPSA) is 56.6 Å². The number of nitrogens with zero attached hydrogens (tertiary/aromatic N) is 2. The van der Waals surface area contributed by atoms with Crippen LogP contribution in [0.1, 0.15) is 24.0 Å². The molecule has 2 heterocycles. The van der Waals surface area contributed by atoms with Gasteiger partial charge in [0.05, 0.1) is 22.9 Å². The molecule has 1 aliphatic heterocycles. The summed E-state index contributed by atoms with van der Waals surface area (Å²) in [6.45, 7) is 3.96. The summed E-state index contributed by atoms with van der Waals surface area (Å²) in [7, 11) is 0. The zero-order valence-corrected chi connectivity index (χ0v) is 10.3. The third-order valence-corrected chi connectivity index (χ3v) is 3.74. The van der Waals surface area contributed by atoms with Gasteiger partial charge in [-0.25, -0.2) is 4.98 Å². The lowest BCUT2D eigenvalue weighted by molar-refractivity contribution is 0.0572. The molecule has 1 aliphatic rings. The van der Waals surface area contributed by atoms with Crippen LogP contribution in [0.15, 0.2) is 5.38 Å². The molecule has 0 bridgehead atoms. The summed E-state index contributed by atoms with van der Waals surface area (Å²) in [6, 6.07) is 0. The lowest BCUT2D eigenvalue weighted by atomic mass is 10.3. The van der Waals surface area contributed by atoms with Gasteiger partial charge in [-0.15, -0.1) is 11.3 Å². The number of thiazole rings is 1. The first kappa shape index (κ1) is 12.0. The molecule has 0 aromatic carbocycles. The van der Waals surface area contributed by atoms with Gasteiger partial charge in [-0.05, 0) is 12.8 Å². The zero-order valence-electron chi connectivity index (χ0n) is 9.46. The molecule has 90 valence electrons. The van der Waals surface area contributed by atoms with E-state index in [1.54, 1.807) is 11.3 Å². The van der Waals surface area contributed by atoms with Gasteiger partial charge >= 0.3 is 0 Å². The van der Waals surface area contributed by atoms with Gasteiger partial charge in [-0.2, -0.15) is 0 Å². The first-order valence-electron chi connectivity index (χ1n) is 5.70. The van der Waals surface area contributed by atoms with Crippen molar-refractivity contribution in [1.82, 2.24) is 9.88 Å². The van der Waals surface area contributed by atoms with Gasteiger partial charge in [-0.1, -0.05) is 6.92 Å². The highest BCUT2D eigenvalue weighted by Gasteiger charge is 2.29. The van der Waals surface area contributed by atoms with E-state index in [4.69, 9.17) is 0 Å². The van der Waals surface area contributed by atoms with Crippen LogP contribution in [0.25, 0.3) is 0 Å². The fourth-order valence-electron chi connectivity index (χ4n) is 1.96. The minimum Gasteiger partial charge on any atom is -0.389 e. The van der Waals surface area contributed by atoms with Crippen LogP contribution in [0.3, 0.4) is 0 Å². The molecule has 0 radical (unpaired) electrons. The smallest absolute Gasteiger partial charge is 0.0938 e. The molecule has 0 spiro atoms. The molecular weight excluding hydrogens is 224 g/mol. The van der Waals surface area contributed by atoms with E-state index in [2.05, 4.69) is 17.3 Å². The number of aliphatic hydroxyl groups is 2. The number of hydrogen-bond acceptors (Lipinski definition) is 5. The Morgan fingerprint density at radius 1 is 1.44 bits per heavy atom. The van der Waals surface area contributed by atoms with E-state index in [1.165, 1.54) is 5.01 Å². The monoisotopic (exact) mass is 242 g/mol. The van der Waals surface area contributed by atoms with Gasteiger partial charge in [-0.3, -0.25) is 4.90 Å². The second kappa shape index (κ2) is 5.23. The predicted octanol–water partition coefficient (Wildman–Crippen LogP) is 0.633. The van der Waals surface area contributed by atoms with E-state index in [0.717, 1.165) is 25.1 Å². The molecule has 5 heteroatoms. The van der Waals surface area contributed by atoms with E-state index in [-0.39, 0.29) is 0 Å². The fourth-order valence-corrected chi connectivity index (χ4v) is 2.85. The second-order valence-electron chi connectivity index (χ2n) is 4.31. The second-order valence-corrected chi connectivity index (χ2v) is 5.25. The van der Waals surface area contributed by atoms with Crippen molar-refractivity contribution in [3.05, 3.63) is 16.1 Å². The van der Waals surface area contributed by atoms with Crippen LogP contribution in [0, 0.1) is 0 Å². The molecule has 1 saturated heterocycles. The lowest BCUT2D eigenvalue weighted by Gasteiger charge is -2.12.